The summed E-state index contributed by atoms with van der Waals surface area (Å²) in [6.45, 7) is 5.61. The van der Waals surface area contributed by atoms with Gasteiger partial charge in [0, 0.05) is 23.8 Å². The van der Waals surface area contributed by atoms with Gasteiger partial charge in [0.1, 0.15) is 11.9 Å². The fourth-order valence-corrected chi connectivity index (χ4v) is 4.77. The third-order valence-corrected chi connectivity index (χ3v) is 6.69. The molecule has 4 aromatic rings. The highest BCUT2D eigenvalue weighted by Crippen LogP contribution is 2.31. The van der Waals surface area contributed by atoms with Crippen LogP contribution in [0.5, 0.6) is 0 Å². The van der Waals surface area contributed by atoms with Crippen LogP contribution in [0.2, 0.25) is 0 Å². The standard InChI is InChI=1S/C29H30FN5O2S/c1-29(2,3)31-27(37)25(20-15-17-22(30)18-16-20)35(23-13-9-6-10-14-23)24(36)19-38-28-33-32-26(34(28)4)21-11-7-5-8-12-21/h5-18,25H,19H2,1-4H3,(H,31,37)/t25-/m1/s1. The van der Waals surface area contributed by atoms with Crippen LogP contribution in [0.15, 0.2) is 90.1 Å². The third-order valence-electron chi connectivity index (χ3n) is 5.69. The maximum absolute atomic E-state index is 13.9. The summed E-state index contributed by atoms with van der Waals surface area (Å²) in [4.78, 5) is 28.9. The zero-order valence-corrected chi connectivity index (χ0v) is 22.6. The molecule has 0 aliphatic heterocycles. The van der Waals surface area contributed by atoms with E-state index in [0.717, 1.165) is 5.56 Å². The number of carbonyl (C=O) groups is 2. The Kier molecular flexibility index (Phi) is 8.26. The Hall–Kier alpha value is -3.98. The number of amides is 2. The fourth-order valence-electron chi connectivity index (χ4n) is 4.00. The molecule has 0 unspecified atom stereocenters. The van der Waals surface area contributed by atoms with E-state index in [1.54, 1.807) is 24.3 Å². The first-order valence-electron chi connectivity index (χ1n) is 12.2. The predicted molar refractivity (Wildman–Crippen MR) is 148 cm³/mol. The highest BCUT2D eigenvalue weighted by Gasteiger charge is 2.34. The lowest BCUT2D eigenvalue weighted by Crippen LogP contribution is -2.50. The number of hydrogen-bond donors (Lipinski definition) is 1. The summed E-state index contributed by atoms with van der Waals surface area (Å²) in [5.41, 5.74) is 1.43. The van der Waals surface area contributed by atoms with Gasteiger partial charge in [0.25, 0.3) is 0 Å². The Morgan fingerprint density at radius 3 is 2.16 bits per heavy atom. The van der Waals surface area contributed by atoms with Crippen molar-refractivity contribution in [3.8, 4) is 11.4 Å². The normalized spacial score (nSPS) is 12.1. The molecule has 0 aliphatic rings. The summed E-state index contributed by atoms with van der Waals surface area (Å²) in [5.74, 6) is -0.390. The van der Waals surface area contributed by atoms with Gasteiger partial charge >= 0.3 is 0 Å². The number of para-hydroxylation sites is 1. The molecule has 196 valence electrons. The van der Waals surface area contributed by atoms with Crippen molar-refractivity contribution in [3.05, 3.63) is 96.3 Å². The number of rotatable bonds is 8. The van der Waals surface area contributed by atoms with Crippen molar-refractivity contribution >= 4 is 29.3 Å². The van der Waals surface area contributed by atoms with E-state index in [9.17, 15) is 14.0 Å². The Balaban J connectivity index is 1.67. The molecule has 0 radical (unpaired) electrons. The highest BCUT2D eigenvalue weighted by molar-refractivity contribution is 7.99. The third kappa shape index (κ3) is 6.47. The summed E-state index contributed by atoms with van der Waals surface area (Å²) >= 11 is 1.24. The number of nitrogens with zero attached hydrogens (tertiary/aromatic N) is 4. The number of halogens is 1. The maximum Gasteiger partial charge on any atom is 0.248 e. The molecule has 3 aromatic carbocycles. The average Bonchev–Trinajstić information content (AvgIpc) is 3.26. The molecule has 0 fully saturated rings. The molecule has 38 heavy (non-hydrogen) atoms. The van der Waals surface area contributed by atoms with Crippen LogP contribution in [-0.4, -0.2) is 37.9 Å². The molecule has 1 N–H and O–H groups in total. The number of aromatic nitrogens is 3. The van der Waals surface area contributed by atoms with E-state index in [0.29, 0.717) is 22.2 Å². The number of carbonyl (C=O) groups excluding carboxylic acids is 2. The van der Waals surface area contributed by atoms with Gasteiger partial charge in [0.2, 0.25) is 11.8 Å². The van der Waals surface area contributed by atoms with Gasteiger partial charge in [-0.1, -0.05) is 72.4 Å². The van der Waals surface area contributed by atoms with Gasteiger partial charge in [0.15, 0.2) is 11.0 Å². The van der Waals surface area contributed by atoms with Crippen molar-refractivity contribution in [1.29, 1.82) is 0 Å². The number of benzene rings is 3. The quantitative estimate of drug-likeness (QED) is 0.308. The SMILES string of the molecule is Cn1c(SCC(=O)N(c2ccccc2)[C@@H](C(=O)NC(C)(C)C)c2ccc(F)cc2)nnc1-c1ccccc1. The van der Waals surface area contributed by atoms with E-state index in [1.807, 2.05) is 68.8 Å². The van der Waals surface area contributed by atoms with Crippen LogP contribution in [0.1, 0.15) is 32.4 Å². The number of thioether (sulfide) groups is 1. The van der Waals surface area contributed by atoms with Gasteiger partial charge in [-0.2, -0.15) is 0 Å². The second-order valence-corrected chi connectivity index (χ2v) is 10.8. The highest BCUT2D eigenvalue weighted by atomic mass is 32.2. The summed E-state index contributed by atoms with van der Waals surface area (Å²) in [6.07, 6.45) is 0. The van der Waals surface area contributed by atoms with Gasteiger partial charge in [-0.25, -0.2) is 4.39 Å². The molecule has 1 aromatic heterocycles. The van der Waals surface area contributed by atoms with Crippen LogP contribution in [0.25, 0.3) is 11.4 Å². The lowest BCUT2D eigenvalue weighted by molar-refractivity contribution is -0.127. The Bertz CT molecular complexity index is 1390. The molecule has 0 spiro atoms. The van der Waals surface area contributed by atoms with E-state index < -0.39 is 17.4 Å². The molecule has 0 saturated heterocycles. The van der Waals surface area contributed by atoms with Gasteiger partial charge < -0.3 is 9.88 Å². The number of anilines is 1. The lowest BCUT2D eigenvalue weighted by atomic mass is 10.0. The average molecular weight is 532 g/mol. The zero-order chi connectivity index (χ0) is 27.3. The van der Waals surface area contributed by atoms with Crippen LogP contribution in [-0.2, 0) is 16.6 Å². The molecule has 0 saturated carbocycles. The Morgan fingerprint density at radius 2 is 1.55 bits per heavy atom. The molecule has 0 bridgehead atoms. The molecular weight excluding hydrogens is 501 g/mol. The van der Waals surface area contributed by atoms with Crippen molar-refractivity contribution < 1.29 is 14.0 Å². The lowest BCUT2D eigenvalue weighted by Gasteiger charge is -2.33. The van der Waals surface area contributed by atoms with E-state index in [-0.39, 0.29) is 17.6 Å². The Labute approximate surface area is 226 Å². The van der Waals surface area contributed by atoms with Crippen LogP contribution in [0.4, 0.5) is 10.1 Å². The van der Waals surface area contributed by atoms with E-state index >= 15 is 0 Å². The molecule has 7 nitrogen and oxygen atoms in total. The second-order valence-electron chi connectivity index (χ2n) is 9.81. The first-order valence-corrected chi connectivity index (χ1v) is 13.1. The maximum atomic E-state index is 13.9. The largest absolute Gasteiger partial charge is 0.349 e. The van der Waals surface area contributed by atoms with Crippen molar-refractivity contribution in [2.45, 2.75) is 37.5 Å². The zero-order valence-electron chi connectivity index (χ0n) is 21.8. The van der Waals surface area contributed by atoms with Crippen LogP contribution in [0.3, 0.4) is 0 Å². The molecule has 1 atom stereocenters. The minimum atomic E-state index is -1.01. The molecule has 9 heteroatoms. The fraction of sp³-hybridized carbons (Fsp3) is 0.241. The summed E-state index contributed by atoms with van der Waals surface area (Å²) in [5, 5.41) is 12.1. The summed E-state index contributed by atoms with van der Waals surface area (Å²) in [7, 11) is 1.85. The molecule has 0 aliphatic carbocycles. The molecule has 1 heterocycles. The topological polar surface area (TPSA) is 80.1 Å². The van der Waals surface area contributed by atoms with Gasteiger partial charge in [-0.3, -0.25) is 14.5 Å². The minimum absolute atomic E-state index is 0.0101. The van der Waals surface area contributed by atoms with Crippen molar-refractivity contribution in [2.24, 2.45) is 7.05 Å². The van der Waals surface area contributed by atoms with Gasteiger partial charge in [-0.15, -0.1) is 10.2 Å². The number of hydrogen-bond acceptors (Lipinski definition) is 5. The van der Waals surface area contributed by atoms with E-state index in [1.165, 1.54) is 40.9 Å². The Morgan fingerprint density at radius 1 is 0.947 bits per heavy atom. The minimum Gasteiger partial charge on any atom is -0.349 e. The second kappa shape index (κ2) is 11.6. The first kappa shape index (κ1) is 27.1. The molecule has 4 rings (SSSR count). The summed E-state index contributed by atoms with van der Waals surface area (Å²) < 4.78 is 15.6. The van der Waals surface area contributed by atoms with Crippen LogP contribution in [0, 0.1) is 5.82 Å². The number of nitrogens with one attached hydrogen (secondary N) is 1. The van der Waals surface area contributed by atoms with Crippen molar-refractivity contribution in [2.75, 3.05) is 10.7 Å². The monoisotopic (exact) mass is 531 g/mol. The smallest absolute Gasteiger partial charge is 0.248 e. The van der Waals surface area contributed by atoms with Gasteiger partial charge in [-0.05, 0) is 50.6 Å². The molecule has 2 amide bonds. The first-order chi connectivity index (χ1) is 18.1. The van der Waals surface area contributed by atoms with Crippen LogP contribution < -0.4 is 10.2 Å². The van der Waals surface area contributed by atoms with Gasteiger partial charge in [0.05, 0.1) is 5.75 Å². The molecular formula is C29H30FN5O2S. The van der Waals surface area contributed by atoms with Crippen molar-refractivity contribution in [3.63, 3.8) is 0 Å². The predicted octanol–water partition coefficient (Wildman–Crippen LogP) is 5.40. The van der Waals surface area contributed by atoms with E-state index in [4.69, 9.17) is 0 Å². The van der Waals surface area contributed by atoms with Crippen molar-refractivity contribution in [1.82, 2.24) is 20.1 Å². The van der Waals surface area contributed by atoms with Crippen LogP contribution >= 0.6 is 11.8 Å². The van der Waals surface area contributed by atoms with E-state index in [2.05, 4.69) is 15.5 Å². The summed E-state index contributed by atoms with van der Waals surface area (Å²) in [6, 6.07) is 23.3.